The fourth-order valence-corrected chi connectivity index (χ4v) is 4.05. The van der Waals surface area contributed by atoms with Crippen molar-refractivity contribution in [3.63, 3.8) is 0 Å². The Hall–Kier alpha value is -1.76. The lowest BCUT2D eigenvalue weighted by molar-refractivity contribution is 0.0791. The number of aryl methyl sites for hydroxylation is 2. The van der Waals surface area contributed by atoms with Gasteiger partial charge in [-0.25, -0.2) is 4.98 Å². The Labute approximate surface area is 138 Å². The molecule has 1 aliphatic heterocycles. The van der Waals surface area contributed by atoms with Gasteiger partial charge in [-0.05, 0) is 39.0 Å². The summed E-state index contributed by atoms with van der Waals surface area (Å²) in [6.07, 6.45) is 4.12. The molecular weight excluding hydrogens is 312 g/mol. The van der Waals surface area contributed by atoms with E-state index in [1.54, 1.807) is 0 Å². The average molecular weight is 332 g/mol. The van der Waals surface area contributed by atoms with Crippen molar-refractivity contribution in [2.45, 2.75) is 45.4 Å². The van der Waals surface area contributed by atoms with Crippen LogP contribution in [0.4, 0.5) is 0 Å². The zero-order chi connectivity index (χ0) is 16.0. The summed E-state index contributed by atoms with van der Waals surface area (Å²) in [7, 11) is 0. The van der Waals surface area contributed by atoms with Crippen LogP contribution in [0.1, 0.15) is 57.3 Å². The van der Waals surface area contributed by atoms with Crippen LogP contribution >= 0.6 is 11.3 Å². The molecule has 2 aromatic rings. The first-order valence-electron chi connectivity index (χ1n) is 8.16. The lowest BCUT2D eigenvalue weighted by atomic mass is 10.1. The quantitative estimate of drug-likeness (QED) is 0.861. The highest BCUT2D eigenvalue weighted by Crippen LogP contribution is 2.39. The van der Waals surface area contributed by atoms with E-state index in [9.17, 15) is 4.79 Å². The summed E-state index contributed by atoms with van der Waals surface area (Å²) in [6, 6.07) is 0. The van der Waals surface area contributed by atoms with E-state index in [0.29, 0.717) is 11.8 Å². The summed E-state index contributed by atoms with van der Waals surface area (Å²) in [4.78, 5) is 24.2. The molecule has 0 bridgehead atoms. The molecule has 1 saturated heterocycles. The molecule has 1 unspecified atom stereocenters. The summed E-state index contributed by atoms with van der Waals surface area (Å²) in [6.45, 7) is 5.41. The average Bonchev–Trinajstić information content (AvgIpc) is 2.93. The van der Waals surface area contributed by atoms with E-state index in [4.69, 9.17) is 4.52 Å². The largest absolute Gasteiger partial charge is 0.339 e. The number of thiazole rings is 1. The number of hydrogen-bond acceptors (Lipinski definition) is 6. The molecule has 2 aromatic heterocycles. The highest BCUT2D eigenvalue weighted by molar-refractivity contribution is 7.13. The maximum absolute atomic E-state index is 12.6. The standard InChI is InChI=1S/C16H20N4O2S/c1-9-14(23-10(2)17-9)16(21)20-6-5-11(8-20)7-13-18-15(22-19-13)12-3-4-12/h11-12H,3-8H2,1-2H3. The van der Waals surface area contributed by atoms with E-state index in [1.807, 2.05) is 18.7 Å². The third-order valence-corrected chi connectivity index (χ3v) is 5.61. The van der Waals surface area contributed by atoms with Crippen LogP contribution in [0, 0.1) is 19.8 Å². The zero-order valence-corrected chi connectivity index (χ0v) is 14.2. The molecular formula is C16H20N4O2S. The van der Waals surface area contributed by atoms with Crippen LogP contribution in [-0.2, 0) is 6.42 Å². The Morgan fingerprint density at radius 2 is 2.13 bits per heavy atom. The Bertz CT molecular complexity index is 734. The van der Waals surface area contributed by atoms with Gasteiger partial charge in [0.15, 0.2) is 5.82 Å². The minimum absolute atomic E-state index is 0.113. The first kappa shape index (κ1) is 14.8. The van der Waals surface area contributed by atoms with Crippen molar-refractivity contribution >= 4 is 17.2 Å². The van der Waals surface area contributed by atoms with Gasteiger partial charge in [-0.15, -0.1) is 11.3 Å². The smallest absolute Gasteiger partial charge is 0.265 e. The predicted octanol–water partition coefficient (Wildman–Crippen LogP) is 2.73. The highest BCUT2D eigenvalue weighted by Gasteiger charge is 2.32. The molecule has 6 nitrogen and oxygen atoms in total. The van der Waals surface area contributed by atoms with Gasteiger partial charge in [-0.1, -0.05) is 5.16 Å². The van der Waals surface area contributed by atoms with Gasteiger partial charge in [0.25, 0.3) is 5.91 Å². The van der Waals surface area contributed by atoms with Gasteiger partial charge in [0, 0.05) is 25.4 Å². The number of hydrogen-bond donors (Lipinski definition) is 0. The van der Waals surface area contributed by atoms with Crippen molar-refractivity contribution in [2.75, 3.05) is 13.1 Å². The molecule has 2 fully saturated rings. The number of amides is 1. The predicted molar refractivity (Wildman–Crippen MR) is 85.6 cm³/mol. The molecule has 0 radical (unpaired) electrons. The van der Waals surface area contributed by atoms with Crippen LogP contribution < -0.4 is 0 Å². The normalized spacial score (nSPS) is 21.1. The minimum Gasteiger partial charge on any atom is -0.339 e. The van der Waals surface area contributed by atoms with E-state index in [0.717, 1.165) is 53.2 Å². The van der Waals surface area contributed by atoms with Gasteiger partial charge in [-0.3, -0.25) is 4.79 Å². The summed E-state index contributed by atoms with van der Waals surface area (Å²) in [5, 5.41) is 5.03. The second kappa shape index (κ2) is 5.70. The lowest BCUT2D eigenvalue weighted by Crippen LogP contribution is -2.28. The molecule has 4 rings (SSSR count). The van der Waals surface area contributed by atoms with Crippen LogP contribution in [0.5, 0.6) is 0 Å². The Morgan fingerprint density at radius 1 is 1.30 bits per heavy atom. The second-order valence-electron chi connectivity index (χ2n) is 6.58. The number of nitrogens with zero attached hydrogens (tertiary/aromatic N) is 4. The van der Waals surface area contributed by atoms with Crippen LogP contribution in [0.25, 0.3) is 0 Å². The highest BCUT2D eigenvalue weighted by atomic mass is 32.1. The zero-order valence-electron chi connectivity index (χ0n) is 13.4. The number of likely N-dealkylation sites (tertiary alicyclic amines) is 1. The van der Waals surface area contributed by atoms with E-state index in [1.165, 1.54) is 24.2 Å². The minimum atomic E-state index is 0.113. The molecule has 7 heteroatoms. The van der Waals surface area contributed by atoms with Crippen LogP contribution in [0.2, 0.25) is 0 Å². The van der Waals surface area contributed by atoms with Crippen molar-refractivity contribution in [2.24, 2.45) is 5.92 Å². The molecule has 23 heavy (non-hydrogen) atoms. The Morgan fingerprint density at radius 3 is 2.83 bits per heavy atom. The van der Waals surface area contributed by atoms with Gasteiger partial charge >= 0.3 is 0 Å². The number of carbonyl (C=O) groups excluding carboxylic acids is 1. The van der Waals surface area contributed by atoms with Crippen molar-refractivity contribution in [3.05, 3.63) is 27.3 Å². The van der Waals surface area contributed by atoms with Crippen molar-refractivity contribution in [3.8, 4) is 0 Å². The van der Waals surface area contributed by atoms with Gasteiger partial charge in [0.2, 0.25) is 5.89 Å². The van der Waals surface area contributed by atoms with E-state index in [2.05, 4.69) is 15.1 Å². The molecule has 1 atom stereocenters. The van der Waals surface area contributed by atoms with Crippen molar-refractivity contribution in [1.29, 1.82) is 0 Å². The van der Waals surface area contributed by atoms with Gasteiger partial charge in [0.05, 0.1) is 10.7 Å². The molecule has 0 N–H and O–H groups in total. The summed E-state index contributed by atoms with van der Waals surface area (Å²) in [5.41, 5.74) is 0.841. The number of aromatic nitrogens is 3. The number of rotatable bonds is 4. The monoisotopic (exact) mass is 332 g/mol. The Kier molecular flexibility index (Phi) is 3.67. The SMILES string of the molecule is Cc1nc(C)c(C(=O)N2CCC(Cc3noc(C4CC4)n3)C2)s1. The van der Waals surface area contributed by atoms with Gasteiger partial charge < -0.3 is 9.42 Å². The molecule has 0 spiro atoms. The Balaban J connectivity index is 1.38. The molecule has 1 aliphatic carbocycles. The van der Waals surface area contributed by atoms with E-state index >= 15 is 0 Å². The summed E-state index contributed by atoms with van der Waals surface area (Å²) in [5.74, 6) is 2.61. The van der Waals surface area contributed by atoms with Crippen LogP contribution in [-0.4, -0.2) is 39.0 Å². The summed E-state index contributed by atoms with van der Waals surface area (Å²) < 4.78 is 5.31. The van der Waals surface area contributed by atoms with Gasteiger partial charge in [0.1, 0.15) is 4.88 Å². The molecule has 2 aliphatic rings. The van der Waals surface area contributed by atoms with Crippen LogP contribution in [0.15, 0.2) is 4.52 Å². The van der Waals surface area contributed by atoms with Gasteiger partial charge in [-0.2, -0.15) is 4.98 Å². The third-order valence-electron chi connectivity index (χ3n) is 4.55. The second-order valence-corrected chi connectivity index (χ2v) is 7.78. The fourth-order valence-electron chi connectivity index (χ4n) is 3.16. The topological polar surface area (TPSA) is 72.1 Å². The lowest BCUT2D eigenvalue weighted by Gasteiger charge is -2.15. The molecule has 0 aromatic carbocycles. The first-order valence-corrected chi connectivity index (χ1v) is 8.97. The molecule has 122 valence electrons. The van der Waals surface area contributed by atoms with Crippen LogP contribution in [0.3, 0.4) is 0 Å². The van der Waals surface area contributed by atoms with Crippen molar-refractivity contribution in [1.82, 2.24) is 20.0 Å². The maximum atomic E-state index is 12.6. The molecule has 1 amide bonds. The van der Waals surface area contributed by atoms with E-state index < -0.39 is 0 Å². The molecule has 3 heterocycles. The fraction of sp³-hybridized carbons (Fsp3) is 0.625. The van der Waals surface area contributed by atoms with Crippen molar-refractivity contribution < 1.29 is 9.32 Å². The summed E-state index contributed by atoms with van der Waals surface area (Å²) >= 11 is 1.49. The number of carbonyl (C=O) groups is 1. The molecule has 1 saturated carbocycles. The third kappa shape index (κ3) is 3.02. The van der Waals surface area contributed by atoms with E-state index in [-0.39, 0.29) is 5.91 Å². The first-order chi connectivity index (χ1) is 11.1. The maximum Gasteiger partial charge on any atom is 0.265 e.